The number of carbonyl (C=O) groups excluding carboxylic acids is 1. The Kier molecular flexibility index (Phi) is 4.93. The van der Waals surface area contributed by atoms with Crippen LogP contribution in [0, 0.1) is 6.92 Å². The monoisotopic (exact) mass is 374 g/mol. The van der Waals surface area contributed by atoms with Gasteiger partial charge in [-0.05, 0) is 31.5 Å². The molecule has 1 atom stereocenters. The minimum Gasteiger partial charge on any atom is -0.336 e. The number of rotatable bonds is 3. The molecule has 0 spiro atoms. The molecule has 1 aromatic heterocycles. The summed E-state index contributed by atoms with van der Waals surface area (Å²) in [6, 6.07) is 7.83. The molecule has 0 saturated carbocycles. The second-order valence-corrected chi connectivity index (χ2v) is 7.33. The molecule has 0 aliphatic carbocycles. The van der Waals surface area contributed by atoms with Crippen LogP contribution in [-0.2, 0) is 0 Å². The van der Waals surface area contributed by atoms with E-state index in [0.717, 1.165) is 57.1 Å². The summed E-state index contributed by atoms with van der Waals surface area (Å²) in [5.74, 6) is -0.0339. The lowest BCUT2D eigenvalue weighted by Crippen LogP contribution is -2.49. The first-order valence-electron chi connectivity index (χ1n) is 9.06. The van der Waals surface area contributed by atoms with Gasteiger partial charge in [-0.3, -0.25) is 9.69 Å². The highest BCUT2D eigenvalue weighted by molar-refractivity contribution is 6.30. The van der Waals surface area contributed by atoms with Gasteiger partial charge in [-0.1, -0.05) is 22.9 Å². The Morgan fingerprint density at radius 2 is 2.08 bits per heavy atom. The minimum absolute atomic E-state index is 0.0339. The Hall–Kier alpha value is -1.96. The van der Waals surface area contributed by atoms with E-state index in [1.54, 1.807) is 4.68 Å². The van der Waals surface area contributed by atoms with Gasteiger partial charge in [0.25, 0.3) is 5.91 Å². The lowest BCUT2D eigenvalue weighted by Gasteiger charge is -2.32. The van der Waals surface area contributed by atoms with Crippen LogP contribution in [0.1, 0.15) is 22.6 Å². The number of hydrogen-bond acceptors (Lipinski definition) is 5. The van der Waals surface area contributed by atoms with Gasteiger partial charge in [-0.2, -0.15) is 0 Å². The maximum Gasteiger partial charge on any atom is 0.276 e. The Bertz CT molecular complexity index is 801. The first-order valence-corrected chi connectivity index (χ1v) is 9.43. The first-order chi connectivity index (χ1) is 12.6. The average Bonchev–Trinajstić information content (AvgIpc) is 3.29. The predicted octanol–water partition coefficient (Wildman–Crippen LogP) is 1.35. The second-order valence-electron chi connectivity index (χ2n) is 6.89. The molecular weight excluding hydrogens is 352 g/mol. The third kappa shape index (κ3) is 3.34. The van der Waals surface area contributed by atoms with E-state index in [9.17, 15) is 4.79 Å². The fourth-order valence-corrected chi connectivity index (χ4v) is 3.99. The lowest BCUT2D eigenvalue weighted by molar-refractivity contribution is 0.0767. The topological polar surface area (TPSA) is 66.3 Å². The molecule has 138 valence electrons. The number of hydrogen-bond donors (Lipinski definition) is 1. The third-order valence-electron chi connectivity index (χ3n) is 5.27. The van der Waals surface area contributed by atoms with Gasteiger partial charge >= 0.3 is 0 Å². The summed E-state index contributed by atoms with van der Waals surface area (Å²) in [7, 11) is 0. The van der Waals surface area contributed by atoms with Crippen molar-refractivity contribution in [2.75, 3.05) is 39.3 Å². The number of aromatic nitrogens is 3. The minimum atomic E-state index is -0.0339. The van der Waals surface area contributed by atoms with E-state index >= 15 is 0 Å². The molecule has 4 rings (SSSR count). The van der Waals surface area contributed by atoms with Crippen molar-refractivity contribution in [2.45, 2.75) is 19.4 Å². The van der Waals surface area contributed by atoms with Crippen molar-refractivity contribution in [3.8, 4) is 5.69 Å². The molecule has 2 aromatic rings. The summed E-state index contributed by atoms with van der Waals surface area (Å²) < 4.78 is 1.67. The third-order valence-corrected chi connectivity index (χ3v) is 5.50. The summed E-state index contributed by atoms with van der Waals surface area (Å²) in [5, 5.41) is 12.3. The molecule has 7 nitrogen and oxygen atoms in total. The molecule has 2 aliphatic heterocycles. The average molecular weight is 375 g/mol. The standard InChI is InChI=1S/C18H23ClN6O/c1-13-17(21-22-25(13)15-4-2-3-14(19)11-15)18(26)24-8-5-16(12-24)23-9-6-20-7-10-23/h2-4,11,16,20H,5-10,12H2,1H3. The summed E-state index contributed by atoms with van der Waals surface area (Å²) in [5.41, 5.74) is 1.97. The fourth-order valence-electron chi connectivity index (χ4n) is 3.80. The van der Waals surface area contributed by atoms with Gasteiger partial charge in [0, 0.05) is 50.3 Å². The van der Waals surface area contributed by atoms with E-state index in [1.165, 1.54) is 0 Å². The highest BCUT2D eigenvalue weighted by atomic mass is 35.5. The number of carbonyl (C=O) groups is 1. The lowest BCUT2D eigenvalue weighted by atomic mass is 10.2. The van der Waals surface area contributed by atoms with E-state index in [4.69, 9.17) is 11.6 Å². The molecule has 1 amide bonds. The van der Waals surface area contributed by atoms with Crippen molar-refractivity contribution < 1.29 is 4.79 Å². The van der Waals surface area contributed by atoms with E-state index in [-0.39, 0.29) is 5.91 Å². The molecule has 3 heterocycles. The van der Waals surface area contributed by atoms with Gasteiger partial charge in [0.15, 0.2) is 5.69 Å². The van der Waals surface area contributed by atoms with Crippen LogP contribution in [0.2, 0.25) is 5.02 Å². The van der Waals surface area contributed by atoms with Gasteiger partial charge in [0.05, 0.1) is 11.4 Å². The largest absolute Gasteiger partial charge is 0.336 e. The number of halogens is 1. The number of amides is 1. The van der Waals surface area contributed by atoms with Crippen molar-refractivity contribution in [2.24, 2.45) is 0 Å². The zero-order valence-corrected chi connectivity index (χ0v) is 15.6. The van der Waals surface area contributed by atoms with Crippen LogP contribution in [-0.4, -0.2) is 76.0 Å². The van der Waals surface area contributed by atoms with Crippen LogP contribution >= 0.6 is 11.6 Å². The zero-order chi connectivity index (χ0) is 18.1. The number of likely N-dealkylation sites (tertiary alicyclic amines) is 1. The van der Waals surface area contributed by atoms with Crippen molar-refractivity contribution in [3.63, 3.8) is 0 Å². The number of nitrogens with zero attached hydrogens (tertiary/aromatic N) is 5. The first kappa shape index (κ1) is 17.5. The summed E-state index contributed by atoms with van der Waals surface area (Å²) in [6.07, 6.45) is 1.02. The van der Waals surface area contributed by atoms with Crippen molar-refractivity contribution in [3.05, 3.63) is 40.7 Å². The maximum absolute atomic E-state index is 13.0. The van der Waals surface area contributed by atoms with Gasteiger partial charge in [0.1, 0.15) is 0 Å². The molecule has 2 saturated heterocycles. The summed E-state index contributed by atoms with van der Waals surface area (Å²) in [4.78, 5) is 17.4. The Balaban J connectivity index is 1.49. The smallest absolute Gasteiger partial charge is 0.276 e. The number of benzene rings is 1. The molecular formula is C18H23ClN6O. The van der Waals surface area contributed by atoms with Crippen LogP contribution in [0.25, 0.3) is 5.69 Å². The van der Waals surface area contributed by atoms with E-state index in [0.29, 0.717) is 16.8 Å². The van der Waals surface area contributed by atoms with E-state index in [1.807, 2.05) is 36.1 Å². The van der Waals surface area contributed by atoms with Crippen LogP contribution in [0.15, 0.2) is 24.3 Å². The Morgan fingerprint density at radius 3 is 2.85 bits per heavy atom. The van der Waals surface area contributed by atoms with Gasteiger partial charge < -0.3 is 10.2 Å². The SMILES string of the molecule is Cc1c(C(=O)N2CCC(N3CCNCC3)C2)nnn1-c1cccc(Cl)c1. The molecule has 26 heavy (non-hydrogen) atoms. The Morgan fingerprint density at radius 1 is 1.27 bits per heavy atom. The van der Waals surface area contributed by atoms with Crippen LogP contribution in [0.4, 0.5) is 0 Å². The van der Waals surface area contributed by atoms with E-state index < -0.39 is 0 Å². The molecule has 2 fully saturated rings. The van der Waals surface area contributed by atoms with Crippen molar-refractivity contribution in [1.29, 1.82) is 0 Å². The van der Waals surface area contributed by atoms with Gasteiger partial charge in [0.2, 0.25) is 0 Å². The highest BCUT2D eigenvalue weighted by Gasteiger charge is 2.33. The van der Waals surface area contributed by atoms with Crippen molar-refractivity contribution in [1.82, 2.24) is 30.1 Å². The van der Waals surface area contributed by atoms with Crippen LogP contribution in [0.5, 0.6) is 0 Å². The Labute approximate surface area is 157 Å². The molecule has 2 aliphatic rings. The molecule has 1 aromatic carbocycles. The summed E-state index contributed by atoms with van der Waals surface area (Å²) in [6.45, 7) is 7.57. The fraction of sp³-hybridized carbons (Fsp3) is 0.500. The van der Waals surface area contributed by atoms with Crippen LogP contribution in [0.3, 0.4) is 0 Å². The second kappa shape index (κ2) is 7.34. The van der Waals surface area contributed by atoms with Crippen molar-refractivity contribution >= 4 is 17.5 Å². The summed E-state index contributed by atoms with van der Waals surface area (Å²) >= 11 is 6.06. The van der Waals surface area contributed by atoms with Gasteiger partial charge in [-0.25, -0.2) is 4.68 Å². The predicted molar refractivity (Wildman–Crippen MR) is 99.9 cm³/mol. The van der Waals surface area contributed by atoms with Crippen LogP contribution < -0.4 is 5.32 Å². The molecule has 1 N–H and O–H groups in total. The zero-order valence-electron chi connectivity index (χ0n) is 14.9. The molecule has 8 heteroatoms. The molecule has 0 bridgehead atoms. The normalized spacial score (nSPS) is 21.3. The maximum atomic E-state index is 13.0. The highest BCUT2D eigenvalue weighted by Crippen LogP contribution is 2.21. The molecule has 0 radical (unpaired) electrons. The molecule has 1 unspecified atom stereocenters. The van der Waals surface area contributed by atoms with E-state index in [2.05, 4.69) is 20.5 Å². The quantitative estimate of drug-likeness (QED) is 0.878. The van der Waals surface area contributed by atoms with Gasteiger partial charge in [-0.15, -0.1) is 5.10 Å². The number of piperazine rings is 1. The number of nitrogens with one attached hydrogen (secondary N) is 1.